The third-order valence-electron chi connectivity index (χ3n) is 0. The summed E-state index contributed by atoms with van der Waals surface area (Å²) in [4.78, 5) is 9.00. The Kier molecular flexibility index (Phi) is 6.90. The molecule has 1 N–H and O–H groups in total. The Labute approximate surface area is 68.7 Å². The van der Waals surface area contributed by atoms with E-state index in [-0.39, 0.29) is 0 Å². The average molecular weight is 193 g/mol. The zero-order chi connectivity index (χ0) is 8.08. The molecule has 0 aliphatic carbocycles. The lowest BCUT2D eigenvalue weighted by Gasteiger charge is -1.94. The van der Waals surface area contributed by atoms with Gasteiger partial charge in [0.1, 0.15) is 0 Å². The van der Waals surface area contributed by atoms with Crippen LogP contribution < -0.4 is 0 Å². The van der Waals surface area contributed by atoms with E-state index in [4.69, 9.17) is 44.7 Å². The molecule has 0 atom stereocenters. The van der Waals surface area contributed by atoms with Crippen LogP contribution in [0, 0.1) is 0 Å². The van der Waals surface area contributed by atoms with Crippen LogP contribution in [0.15, 0.2) is 0 Å². The summed E-state index contributed by atoms with van der Waals surface area (Å²) in [6.07, 6.45) is 0. The molecule has 0 spiro atoms. The fourth-order valence-electron chi connectivity index (χ4n) is 0. The summed E-state index contributed by atoms with van der Waals surface area (Å²) in [6.45, 7) is 2.57. The number of aliphatic carboxylic acids is 1. The lowest BCUT2D eigenvalue weighted by molar-refractivity contribution is -0.134. The highest BCUT2D eigenvalue weighted by Crippen LogP contribution is 2.23. The first-order valence-electron chi connectivity index (χ1n) is 1.99. The molecule has 0 bridgehead atoms. The van der Waals surface area contributed by atoms with Crippen molar-refractivity contribution in [2.24, 2.45) is 0 Å². The van der Waals surface area contributed by atoms with Gasteiger partial charge >= 0.3 is 0 Å². The Hall–Kier alpha value is 0.340. The molecule has 2 nitrogen and oxygen atoms in total. The highest BCUT2D eigenvalue weighted by atomic mass is 35.6. The number of rotatable bonds is 0. The maximum atomic E-state index is 9.00. The van der Waals surface area contributed by atoms with Crippen molar-refractivity contribution in [2.45, 2.75) is 17.6 Å². The molecule has 0 amide bonds. The average Bonchev–Trinajstić information content (AvgIpc) is 1.19. The lowest BCUT2D eigenvalue weighted by atomic mass is 10.9. The van der Waals surface area contributed by atoms with Gasteiger partial charge in [-0.3, -0.25) is 4.79 Å². The number of halogens is 3. The maximum absolute atomic E-state index is 9.00. The molecule has 0 aromatic carbocycles. The summed E-state index contributed by atoms with van der Waals surface area (Å²) >= 11 is 15.2. The third kappa shape index (κ3) is 2900. The van der Waals surface area contributed by atoms with Gasteiger partial charge in [0.05, 0.1) is 0 Å². The first-order chi connectivity index (χ1) is 3.73. The Balaban J connectivity index is 0. The normalized spacial score (nSPS) is 9.44. The summed E-state index contributed by atoms with van der Waals surface area (Å²) in [7, 11) is 0. The van der Waals surface area contributed by atoms with Gasteiger partial charge in [-0.05, 0) is 6.92 Å². The molecule has 0 radical (unpaired) electrons. The van der Waals surface area contributed by atoms with E-state index in [0.717, 1.165) is 6.92 Å². The van der Waals surface area contributed by atoms with Crippen LogP contribution in [0.1, 0.15) is 13.8 Å². The molecule has 0 aliphatic rings. The lowest BCUT2D eigenvalue weighted by Crippen LogP contribution is -1.87. The predicted octanol–water partition coefficient (Wildman–Crippen LogP) is 2.47. The highest BCUT2D eigenvalue weighted by Gasteiger charge is 2.07. The van der Waals surface area contributed by atoms with Crippen LogP contribution in [-0.2, 0) is 4.79 Å². The zero-order valence-electron chi connectivity index (χ0n) is 4.99. The van der Waals surface area contributed by atoms with Gasteiger partial charge in [0.15, 0.2) is 3.79 Å². The van der Waals surface area contributed by atoms with Crippen molar-refractivity contribution in [1.29, 1.82) is 0 Å². The summed E-state index contributed by atoms with van der Waals surface area (Å²) in [5.41, 5.74) is 0. The largest absolute Gasteiger partial charge is 0.481 e. The minimum Gasteiger partial charge on any atom is -0.481 e. The SMILES string of the molecule is CC(=O)O.CC(Cl)(Cl)Cl. The summed E-state index contributed by atoms with van der Waals surface area (Å²) in [5, 5.41) is 7.42. The molecule has 0 saturated carbocycles. The van der Waals surface area contributed by atoms with E-state index < -0.39 is 9.76 Å². The van der Waals surface area contributed by atoms with Crippen molar-refractivity contribution in [3.63, 3.8) is 0 Å². The van der Waals surface area contributed by atoms with Gasteiger partial charge in [-0.2, -0.15) is 0 Å². The second-order valence-corrected chi connectivity index (χ2v) is 4.15. The summed E-state index contributed by atoms with van der Waals surface area (Å²) < 4.78 is -1.08. The molecule has 0 saturated heterocycles. The fraction of sp³-hybridized carbons (Fsp3) is 0.750. The predicted molar refractivity (Wildman–Crippen MR) is 39.3 cm³/mol. The number of hydrogen-bond donors (Lipinski definition) is 1. The highest BCUT2D eigenvalue weighted by molar-refractivity contribution is 6.67. The standard InChI is InChI=1S/C2H3Cl3.C2H4O2/c1-2(3,4)5;1-2(3)4/h1H3;1H3,(H,3,4). The van der Waals surface area contributed by atoms with Crippen molar-refractivity contribution in [3.05, 3.63) is 0 Å². The first kappa shape index (κ1) is 12.1. The Bertz CT molecular complexity index is 76.3. The van der Waals surface area contributed by atoms with Crippen molar-refractivity contribution in [1.82, 2.24) is 0 Å². The zero-order valence-corrected chi connectivity index (χ0v) is 7.26. The van der Waals surface area contributed by atoms with Crippen molar-refractivity contribution >= 4 is 40.8 Å². The van der Waals surface area contributed by atoms with Crippen molar-refractivity contribution in [2.75, 3.05) is 0 Å². The van der Waals surface area contributed by atoms with Gasteiger partial charge in [-0.25, -0.2) is 0 Å². The van der Waals surface area contributed by atoms with Crippen LogP contribution in [0.3, 0.4) is 0 Å². The number of carboxylic acids is 1. The molecule has 0 aliphatic heterocycles. The Morgan fingerprint density at radius 3 is 1.44 bits per heavy atom. The van der Waals surface area contributed by atoms with Gasteiger partial charge in [-0.15, -0.1) is 0 Å². The molecule has 0 unspecified atom stereocenters. The molecule has 0 rings (SSSR count). The molecule has 0 aromatic rings. The van der Waals surface area contributed by atoms with Crippen LogP contribution in [0.4, 0.5) is 0 Å². The van der Waals surface area contributed by atoms with E-state index >= 15 is 0 Å². The van der Waals surface area contributed by atoms with Gasteiger partial charge in [0.2, 0.25) is 0 Å². The molecule has 56 valence electrons. The smallest absolute Gasteiger partial charge is 0.300 e. The first-order valence-corrected chi connectivity index (χ1v) is 3.13. The molecule has 0 fully saturated rings. The monoisotopic (exact) mass is 192 g/mol. The minimum absolute atomic E-state index is 0.833. The Morgan fingerprint density at radius 2 is 1.44 bits per heavy atom. The fourth-order valence-corrected chi connectivity index (χ4v) is 0. The Morgan fingerprint density at radius 1 is 1.44 bits per heavy atom. The van der Waals surface area contributed by atoms with Crippen molar-refractivity contribution < 1.29 is 9.90 Å². The van der Waals surface area contributed by atoms with E-state index in [9.17, 15) is 0 Å². The van der Waals surface area contributed by atoms with Crippen LogP contribution in [-0.4, -0.2) is 14.9 Å². The molecule has 0 aromatic heterocycles. The number of carbonyl (C=O) groups is 1. The van der Waals surface area contributed by atoms with Gasteiger partial charge in [0.25, 0.3) is 5.97 Å². The summed E-state index contributed by atoms with van der Waals surface area (Å²) in [6, 6.07) is 0. The van der Waals surface area contributed by atoms with E-state index in [2.05, 4.69) is 0 Å². The second kappa shape index (κ2) is 5.15. The number of alkyl halides is 3. The van der Waals surface area contributed by atoms with Crippen LogP contribution in [0.25, 0.3) is 0 Å². The van der Waals surface area contributed by atoms with E-state index in [1.165, 1.54) is 6.92 Å². The minimum atomic E-state index is -1.08. The quantitative estimate of drug-likeness (QED) is 0.600. The molecule has 9 heavy (non-hydrogen) atoms. The van der Waals surface area contributed by atoms with E-state index in [1.54, 1.807) is 0 Å². The van der Waals surface area contributed by atoms with Crippen molar-refractivity contribution in [3.8, 4) is 0 Å². The van der Waals surface area contributed by atoms with E-state index in [1.807, 2.05) is 0 Å². The van der Waals surface area contributed by atoms with Gasteiger partial charge in [0, 0.05) is 6.92 Å². The van der Waals surface area contributed by atoms with Crippen LogP contribution >= 0.6 is 34.8 Å². The van der Waals surface area contributed by atoms with Crippen LogP contribution in [0.2, 0.25) is 0 Å². The molecule has 5 heteroatoms. The van der Waals surface area contributed by atoms with E-state index in [0.29, 0.717) is 0 Å². The van der Waals surface area contributed by atoms with Gasteiger partial charge in [-0.1, -0.05) is 34.8 Å². The van der Waals surface area contributed by atoms with Crippen LogP contribution in [0.5, 0.6) is 0 Å². The second-order valence-electron chi connectivity index (χ2n) is 1.30. The number of hydrogen-bond acceptors (Lipinski definition) is 1. The molecular weight excluding hydrogens is 186 g/mol. The third-order valence-corrected chi connectivity index (χ3v) is 0. The summed E-state index contributed by atoms with van der Waals surface area (Å²) in [5.74, 6) is -0.833. The molecular formula is C4H7Cl3O2. The topological polar surface area (TPSA) is 37.3 Å². The maximum Gasteiger partial charge on any atom is 0.300 e. The molecule has 0 heterocycles. The van der Waals surface area contributed by atoms with Gasteiger partial charge < -0.3 is 5.11 Å². The number of carboxylic acid groups (broad SMARTS) is 1.